The summed E-state index contributed by atoms with van der Waals surface area (Å²) in [6, 6.07) is 10.4. The molecule has 0 spiro atoms. The maximum Gasteiger partial charge on any atom is 0.227 e. The van der Waals surface area contributed by atoms with Gasteiger partial charge in [-0.1, -0.05) is 30.3 Å². The van der Waals surface area contributed by atoms with Crippen LogP contribution in [0.15, 0.2) is 36.5 Å². The highest BCUT2D eigenvalue weighted by Gasteiger charge is 2.26. The topological polar surface area (TPSA) is 61.3 Å². The minimum absolute atomic E-state index is 0.143. The van der Waals surface area contributed by atoms with Gasteiger partial charge in [-0.15, -0.1) is 0 Å². The summed E-state index contributed by atoms with van der Waals surface area (Å²) in [5.74, 6) is 1.56. The fourth-order valence-corrected chi connectivity index (χ4v) is 2.82. The van der Waals surface area contributed by atoms with Crippen LogP contribution < -0.4 is 10.2 Å². The molecule has 5 nitrogen and oxygen atoms in total. The van der Waals surface area contributed by atoms with Gasteiger partial charge in [0.25, 0.3) is 0 Å². The maximum absolute atomic E-state index is 9.46. The summed E-state index contributed by atoms with van der Waals surface area (Å²) in [5, 5.41) is 12.8. The number of nitrogens with one attached hydrogen (secondary N) is 1. The van der Waals surface area contributed by atoms with Crippen molar-refractivity contribution in [3.8, 4) is 0 Å². The number of anilines is 2. The van der Waals surface area contributed by atoms with Crippen LogP contribution in [0.25, 0.3) is 0 Å². The largest absolute Gasteiger partial charge is 0.394 e. The second kappa shape index (κ2) is 6.75. The second-order valence-corrected chi connectivity index (χ2v) is 5.71. The van der Waals surface area contributed by atoms with E-state index in [-0.39, 0.29) is 12.6 Å². The Bertz CT molecular complexity index is 617. The molecule has 2 aromatic rings. The lowest BCUT2D eigenvalue weighted by Crippen LogP contribution is -2.33. The van der Waals surface area contributed by atoms with E-state index >= 15 is 0 Å². The molecule has 1 aliphatic heterocycles. The molecule has 2 N–H and O–H groups in total. The summed E-state index contributed by atoms with van der Waals surface area (Å²) in [5.41, 5.74) is 2.25. The van der Waals surface area contributed by atoms with Crippen molar-refractivity contribution < 1.29 is 5.11 Å². The van der Waals surface area contributed by atoms with Crippen molar-refractivity contribution >= 4 is 11.8 Å². The summed E-state index contributed by atoms with van der Waals surface area (Å²) in [4.78, 5) is 11.2. The normalized spacial score (nSPS) is 17.7. The lowest BCUT2D eigenvalue weighted by molar-refractivity contribution is 0.265. The Kier molecular flexibility index (Phi) is 4.53. The highest BCUT2D eigenvalue weighted by Crippen LogP contribution is 2.24. The molecular formula is C17H22N4O. The number of rotatable bonds is 5. The van der Waals surface area contributed by atoms with Gasteiger partial charge in [-0.05, 0) is 25.3 Å². The molecule has 116 valence electrons. The van der Waals surface area contributed by atoms with Gasteiger partial charge in [0.1, 0.15) is 5.82 Å². The van der Waals surface area contributed by atoms with Crippen LogP contribution in [0.3, 0.4) is 0 Å². The number of benzene rings is 1. The van der Waals surface area contributed by atoms with Gasteiger partial charge in [0.15, 0.2) is 0 Å². The molecule has 1 fully saturated rings. The molecule has 0 saturated carbocycles. The van der Waals surface area contributed by atoms with Gasteiger partial charge in [0.05, 0.1) is 12.6 Å². The fraction of sp³-hybridized carbons (Fsp3) is 0.412. The molecule has 1 aromatic carbocycles. The second-order valence-electron chi connectivity index (χ2n) is 5.71. The molecule has 0 amide bonds. The Labute approximate surface area is 131 Å². The van der Waals surface area contributed by atoms with Gasteiger partial charge in [-0.3, -0.25) is 0 Å². The first kappa shape index (κ1) is 14.8. The van der Waals surface area contributed by atoms with Crippen molar-refractivity contribution in [2.45, 2.75) is 32.4 Å². The summed E-state index contributed by atoms with van der Waals surface area (Å²) < 4.78 is 0. The third-order valence-electron chi connectivity index (χ3n) is 4.11. The number of nitrogens with zero attached hydrogens (tertiary/aromatic N) is 3. The van der Waals surface area contributed by atoms with Crippen molar-refractivity contribution in [2.75, 3.05) is 23.4 Å². The van der Waals surface area contributed by atoms with Crippen LogP contribution in [-0.2, 0) is 6.54 Å². The number of aromatic nitrogens is 2. The monoisotopic (exact) mass is 298 g/mol. The molecule has 2 heterocycles. The minimum Gasteiger partial charge on any atom is -0.394 e. The first-order valence-electron chi connectivity index (χ1n) is 7.77. The first-order valence-corrected chi connectivity index (χ1v) is 7.77. The molecule has 0 bridgehead atoms. The Balaban J connectivity index is 1.75. The summed E-state index contributed by atoms with van der Waals surface area (Å²) in [6.45, 7) is 3.81. The zero-order valence-electron chi connectivity index (χ0n) is 12.9. The van der Waals surface area contributed by atoms with Crippen LogP contribution in [0.5, 0.6) is 0 Å². The lowest BCUT2D eigenvalue weighted by Gasteiger charge is -2.23. The van der Waals surface area contributed by atoms with Crippen LogP contribution in [0.2, 0.25) is 0 Å². The number of aliphatic hydroxyl groups is 1. The van der Waals surface area contributed by atoms with E-state index in [2.05, 4.69) is 32.3 Å². The minimum atomic E-state index is 0.143. The molecule has 0 radical (unpaired) electrons. The van der Waals surface area contributed by atoms with E-state index in [1.165, 1.54) is 5.56 Å². The zero-order valence-corrected chi connectivity index (χ0v) is 12.9. The molecule has 1 unspecified atom stereocenters. The van der Waals surface area contributed by atoms with E-state index in [0.29, 0.717) is 5.95 Å². The van der Waals surface area contributed by atoms with Gasteiger partial charge in [0.2, 0.25) is 5.95 Å². The Morgan fingerprint density at radius 3 is 2.91 bits per heavy atom. The molecular weight excluding hydrogens is 276 g/mol. The van der Waals surface area contributed by atoms with E-state index in [4.69, 9.17) is 0 Å². The molecule has 3 rings (SSSR count). The van der Waals surface area contributed by atoms with Gasteiger partial charge < -0.3 is 15.3 Å². The Hall–Kier alpha value is -2.14. The van der Waals surface area contributed by atoms with Crippen molar-refractivity contribution in [3.05, 3.63) is 47.7 Å². The Morgan fingerprint density at radius 1 is 1.32 bits per heavy atom. The molecule has 1 saturated heterocycles. The van der Waals surface area contributed by atoms with Crippen LogP contribution in [0.4, 0.5) is 11.8 Å². The van der Waals surface area contributed by atoms with Crippen LogP contribution in [0, 0.1) is 6.92 Å². The van der Waals surface area contributed by atoms with E-state index < -0.39 is 0 Å². The Morgan fingerprint density at radius 2 is 2.14 bits per heavy atom. The lowest BCUT2D eigenvalue weighted by atomic mass is 10.2. The van der Waals surface area contributed by atoms with Crippen molar-refractivity contribution in [3.63, 3.8) is 0 Å². The average Bonchev–Trinajstić information content (AvgIpc) is 3.04. The van der Waals surface area contributed by atoms with E-state index in [0.717, 1.165) is 37.3 Å². The van der Waals surface area contributed by atoms with Crippen molar-refractivity contribution in [2.24, 2.45) is 0 Å². The predicted molar refractivity (Wildman–Crippen MR) is 88.0 cm³/mol. The maximum atomic E-state index is 9.46. The molecule has 22 heavy (non-hydrogen) atoms. The van der Waals surface area contributed by atoms with Crippen LogP contribution in [-0.4, -0.2) is 34.3 Å². The van der Waals surface area contributed by atoms with E-state index in [1.54, 1.807) is 0 Å². The van der Waals surface area contributed by atoms with Gasteiger partial charge in [-0.2, -0.15) is 4.98 Å². The summed E-state index contributed by atoms with van der Waals surface area (Å²) in [6.07, 6.45) is 3.93. The van der Waals surface area contributed by atoms with Crippen LogP contribution in [0.1, 0.15) is 24.0 Å². The first-order chi connectivity index (χ1) is 10.8. The fourth-order valence-electron chi connectivity index (χ4n) is 2.82. The molecule has 1 aliphatic rings. The summed E-state index contributed by atoms with van der Waals surface area (Å²) >= 11 is 0. The third-order valence-corrected chi connectivity index (χ3v) is 4.11. The van der Waals surface area contributed by atoms with Gasteiger partial charge >= 0.3 is 0 Å². The highest BCUT2D eigenvalue weighted by atomic mass is 16.3. The number of hydrogen-bond acceptors (Lipinski definition) is 5. The van der Waals surface area contributed by atoms with E-state index in [1.807, 2.05) is 31.3 Å². The standard InChI is InChI=1S/C17H22N4O/c1-13-10-19-17(21-9-5-8-15(21)12-22)20-16(13)18-11-14-6-3-2-4-7-14/h2-4,6-7,10,15,22H,5,8-9,11-12H2,1H3,(H,18,19,20). The number of hydrogen-bond donors (Lipinski definition) is 2. The van der Waals surface area contributed by atoms with Crippen LogP contribution >= 0.6 is 0 Å². The zero-order chi connectivity index (χ0) is 15.4. The smallest absolute Gasteiger partial charge is 0.227 e. The summed E-state index contributed by atoms with van der Waals surface area (Å²) in [7, 11) is 0. The predicted octanol–water partition coefficient (Wildman–Crippen LogP) is 2.36. The molecule has 1 aromatic heterocycles. The molecule has 1 atom stereocenters. The average molecular weight is 298 g/mol. The quantitative estimate of drug-likeness (QED) is 0.887. The van der Waals surface area contributed by atoms with Crippen molar-refractivity contribution in [1.29, 1.82) is 0 Å². The van der Waals surface area contributed by atoms with E-state index in [9.17, 15) is 5.11 Å². The van der Waals surface area contributed by atoms with Crippen molar-refractivity contribution in [1.82, 2.24) is 9.97 Å². The number of aliphatic hydroxyl groups excluding tert-OH is 1. The molecule has 5 heteroatoms. The SMILES string of the molecule is Cc1cnc(N2CCCC2CO)nc1NCc1ccccc1. The molecule has 0 aliphatic carbocycles. The number of aryl methyl sites for hydroxylation is 1. The third kappa shape index (κ3) is 3.20. The van der Waals surface area contributed by atoms with Gasteiger partial charge in [-0.25, -0.2) is 4.98 Å². The highest BCUT2D eigenvalue weighted by molar-refractivity contribution is 5.48. The van der Waals surface area contributed by atoms with Gasteiger partial charge in [0, 0.05) is 24.8 Å².